The monoisotopic (exact) mass is 1090 g/mol. The van der Waals surface area contributed by atoms with Gasteiger partial charge in [-0.15, -0.1) is 0 Å². The smallest absolute Gasteiger partial charge is 0.0736 e. The van der Waals surface area contributed by atoms with Crippen molar-refractivity contribution in [3.63, 3.8) is 0 Å². The van der Waals surface area contributed by atoms with E-state index in [9.17, 15) is 0 Å². The van der Waals surface area contributed by atoms with Crippen molar-refractivity contribution >= 4 is 65.4 Å². The van der Waals surface area contributed by atoms with E-state index in [0.29, 0.717) is 71.0 Å². The van der Waals surface area contributed by atoms with E-state index in [1.54, 1.807) is 0 Å². The molecular formula is C78H72N6. The van der Waals surface area contributed by atoms with Gasteiger partial charge in [-0.1, -0.05) is 146 Å². The Kier molecular flexibility index (Phi) is 13.5. The molecule has 0 saturated heterocycles. The van der Waals surface area contributed by atoms with Gasteiger partial charge in [0.15, 0.2) is 0 Å². The highest BCUT2D eigenvalue weighted by atomic mass is 14.7. The van der Waals surface area contributed by atoms with Crippen LogP contribution in [0.25, 0.3) is 65.4 Å². The van der Waals surface area contributed by atoms with E-state index >= 15 is 0 Å². The first-order valence-electron chi connectivity index (χ1n) is 31.6. The van der Waals surface area contributed by atoms with Crippen LogP contribution in [-0.4, -0.2) is 29.9 Å². The van der Waals surface area contributed by atoms with Gasteiger partial charge in [0.1, 0.15) is 0 Å². The van der Waals surface area contributed by atoms with E-state index < -0.39 is 0 Å². The summed E-state index contributed by atoms with van der Waals surface area (Å²) in [5, 5.41) is 7.46. The minimum Gasteiger partial charge on any atom is -0.256 e. The third-order valence-electron chi connectivity index (χ3n) is 21.7. The summed E-state index contributed by atoms with van der Waals surface area (Å²) in [7, 11) is 0. The lowest BCUT2D eigenvalue weighted by Crippen LogP contribution is -2.38. The Bertz CT molecular complexity index is 3900. The summed E-state index contributed by atoms with van der Waals surface area (Å²) < 4.78 is 0. The molecule has 4 aliphatic carbocycles. The molecule has 414 valence electrons. The maximum absolute atomic E-state index is 5.22. The normalized spacial score (nSPS) is 26.7. The molecule has 10 unspecified atom stereocenters. The fourth-order valence-electron chi connectivity index (χ4n) is 18.1. The van der Waals surface area contributed by atoms with E-state index in [2.05, 4.69) is 182 Å². The van der Waals surface area contributed by atoms with Gasteiger partial charge in [0.2, 0.25) is 0 Å². The third-order valence-corrected chi connectivity index (χ3v) is 21.7. The minimum absolute atomic E-state index is 0.382. The zero-order chi connectivity index (χ0) is 55.5. The Hall–Kier alpha value is -8.22. The van der Waals surface area contributed by atoms with Crippen molar-refractivity contribution in [1.82, 2.24) is 29.9 Å². The number of nitrogens with zero attached hydrogens (tertiary/aromatic N) is 6. The van der Waals surface area contributed by atoms with E-state index in [1.165, 1.54) is 163 Å². The molecule has 0 aliphatic heterocycles. The topological polar surface area (TPSA) is 77.3 Å². The fraction of sp³-hybridized carbons (Fsp3) is 0.308. The van der Waals surface area contributed by atoms with Crippen LogP contribution in [0.4, 0.5) is 0 Å². The molecule has 4 fully saturated rings. The van der Waals surface area contributed by atoms with Gasteiger partial charge in [0, 0.05) is 69.5 Å². The van der Waals surface area contributed by atoms with Crippen molar-refractivity contribution in [2.75, 3.05) is 0 Å². The lowest BCUT2D eigenvalue weighted by molar-refractivity contribution is 0.0538. The predicted molar refractivity (Wildman–Crippen MR) is 343 cm³/mol. The van der Waals surface area contributed by atoms with Gasteiger partial charge in [-0.2, -0.15) is 0 Å². The number of fused-ring (bicyclic) bond motifs is 6. The molecular weight excluding hydrogens is 1020 g/mol. The van der Waals surface area contributed by atoms with Gasteiger partial charge >= 0.3 is 0 Å². The summed E-state index contributed by atoms with van der Waals surface area (Å²) in [6.07, 6.45) is 26.3. The Labute approximate surface area is 493 Å². The molecule has 12 aromatic rings. The number of benzene rings is 6. The van der Waals surface area contributed by atoms with Crippen LogP contribution in [0.5, 0.6) is 0 Å². The van der Waals surface area contributed by atoms with E-state index in [0.717, 1.165) is 12.8 Å². The first kappa shape index (κ1) is 51.4. The molecule has 16 rings (SSSR count). The Balaban J connectivity index is 0.815. The summed E-state index contributed by atoms with van der Waals surface area (Å²) in [6, 6.07) is 68.1. The number of rotatable bonds is 9. The van der Waals surface area contributed by atoms with Gasteiger partial charge in [0.25, 0.3) is 0 Å². The van der Waals surface area contributed by atoms with Crippen LogP contribution in [0.3, 0.4) is 0 Å². The molecule has 6 aromatic heterocycles. The van der Waals surface area contributed by atoms with E-state index in [-0.39, 0.29) is 0 Å². The maximum atomic E-state index is 5.22. The molecule has 0 radical (unpaired) electrons. The van der Waals surface area contributed by atoms with Gasteiger partial charge < -0.3 is 0 Å². The first-order valence-corrected chi connectivity index (χ1v) is 31.6. The molecule has 6 aromatic carbocycles. The van der Waals surface area contributed by atoms with Crippen molar-refractivity contribution in [1.29, 1.82) is 0 Å². The molecule has 6 nitrogen and oxygen atoms in total. The van der Waals surface area contributed by atoms with Crippen LogP contribution in [0.1, 0.15) is 146 Å². The highest BCUT2D eigenvalue weighted by Crippen LogP contribution is 2.59. The van der Waals surface area contributed by atoms with E-state index in [4.69, 9.17) is 29.9 Å². The molecule has 0 bridgehead atoms. The first-order chi connectivity index (χ1) is 41.6. The highest BCUT2D eigenvalue weighted by Gasteiger charge is 2.46. The number of hydrogen-bond acceptors (Lipinski definition) is 6. The van der Waals surface area contributed by atoms with Crippen LogP contribution in [0, 0.1) is 35.5 Å². The van der Waals surface area contributed by atoms with Gasteiger partial charge in [-0.3, -0.25) is 29.9 Å². The zero-order valence-electron chi connectivity index (χ0n) is 47.9. The van der Waals surface area contributed by atoms with Crippen molar-refractivity contribution in [2.24, 2.45) is 35.5 Å². The molecule has 0 spiro atoms. The second-order valence-electron chi connectivity index (χ2n) is 26.1. The lowest BCUT2D eigenvalue weighted by atomic mass is 9.55. The quantitative estimate of drug-likeness (QED) is 0.143. The molecule has 6 heterocycles. The summed E-state index contributed by atoms with van der Waals surface area (Å²) >= 11 is 0. The van der Waals surface area contributed by atoms with Crippen LogP contribution in [-0.2, 0) is 0 Å². The maximum Gasteiger partial charge on any atom is 0.0736 e. The lowest BCUT2D eigenvalue weighted by Gasteiger charge is -2.49. The molecule has 0 N–H and O–H groups in total. The molecule has 4 aliphatic rings. The largest absolute Gasteiger partial charge is 0.256 e. The van der Waals surface area contributed by atoms with Gasteiger partial charge in [0.05, 0.1) is 33.1 Å². The highest BCUT2D eigenvalue weighted by molar-refractivity contribution is 5.86. The number of aromatic nitrogens is 6. The Morgan fingerprint density at radius 2 is 0.345 bits per heavy atom. The third kappa shape index (κ3) is 9.60. The molecule has 6 heteroatoms. The number of hydrogen-bond donors (Lipinski definition) is 0. The second kappa shape index (κ2) is 22.1. The van der Waals surface area contributed by atoms with Crippen molar-refractivity contribution < 1.29 is 0 Å². The molecule has 0 amide bonds. The predicted octanol–water partition coefficient (Wildman–Crippen LogP) is 19.4. The molecule has 84 heavy (non-hydrogen) atoms. The average molecular weight is 1090 g/mol. The molecule has 4 saturated carbocycles. The Morgan fingerprint density at radius 1 is 0.179 bits per heavy atom. The fourth-order valence-corrected chi connectivity index (χ4v) is 18.1. The standard InChI is InChI=1S/C78H72N6/c1-13-49-19-7-31-79-73(49)67(25-1)61-39-55(37-57(41-61)59-43-63(69-27-3-15-51-21-9-33-81-75(51)69)47-64(44-59)70-28-4-16-52-22-10-34-82-76(52)70)56-38-58(42-62(40-56)68-26-2-14-50-20-8-32-80-74(50)68)60-45-65(71-29-5-17-53-23-11-35-83-77(53)71)48-66(46-60)72-30-6-18-54-24-12-36-84-78(54)72/h1-36,55-66H,37-48H2. The SMILES string of the molecule is c1cnc2c(C3CC(c4cccc5cccnc45)CC(C4CC(c5cccc6cccnc56)CC(C5CC(c6cccc7cccnc67)CC(C6CC(c7cccc8cccnc78)CC(c7cccc8cccnc78)C6)C5)C4)C3)cccc2c1. The summed E-state index contributed by atoms with van der Waals surface area (Å²) in [6.45, 7) is 0. The molecule has 10 atom stereocenters. The minimum atomic E-state index is 0.382. The second-order valence-corrected chi connectivity index (χ2v) is 26.1. The van der Waals surface area contributed by atoms with Gasteiger partial charge in [-0.25, -0.2) is 0 Å². The van der Waals surface area contributed by atoms with Crippen LogP contribution in [0.15, 0.2) is 219 Å². The summed E-state index contributed by atoms with van der Waals surface area (Å²) in [5.74, 6) is 5.59. The summed E-state index contributed by atoms with van der Waals surface area (Å²) in [5.41, 5.74) is 15.7. The summed E-state index contributed by atoms with van der Waals surface area (Å²) in [4.78, 5) is 31.0. The van der Waals surface area contributed by atoms with Gasteiger partial charge in [-0.05, 0) is 218 Å². The van der Waals surface area contributed by atoms with E-state index in [1.807, 2.05) is 37.2 Å². The van der Waals surface area contributed by atoms with Crippen LogP contribution >= 0.6 is 0 Å². The Morgan fingerprint density at radius 3 is 0.548 bits per heavy atom. The number of pyridine rings is 6. The van der Waals surface area contributed by atoms with Crippen LogP contribution < -0.4 is 0 Å². The number of para-hydroxylation sites is 6. The van der Waals surface area contributed by atoms with Crippen molar-refractivity contribution in [2.45, 2.75) is 113 Å². The average Bonchev–Trinajstić information content (AvgIpc) is 2.22. The van der Waals surface area contributed by atoms with Crippen molar-refractivity contribution in [3.05, 3.63) is 253 Å². The van der Waals surface area contributed by atoms with Crippen molar-refractivity contribution in [3.8, 4) is 0 Å². The van der Waals surface area contributed by atoms with Crippen LogP contribution in [0.2, 0.25) is 0 Å². The zero-order valence-corrected chi connectivity index (χ0v) is 47.9.